The summed E-state index contributed by atoms with van der Waals surface area (Å²) in [6.07, 6.45) is -3.41. The van der Waals surface area contributed by atoms with Gasteiger partial charge in [0.15, 0.2) is 17.3 Å². The Balaban J connectivity index is 0.939. The van der Waals surface area contributed by atoms with E-state index in [1.54, 1.807) is 18.2 Å². The van der Waals surface area contributed by atoms with Gasteiger partial charge in [-0.2, -0.15) is 18.4 Å². The average molecular weight is 807 g/mol. The van der Waals surface area contributed by atoms with E-state index in [1.807, 2.05) is 0 Å². The highest BCUT2D eigenvalue weighted by molar-refractivity contribution is 8.18. The van der Waals surface area contributed by atoms with Crippen LogP contribution in [0.15, 0.2) is 59.5 Å². The summed E-state index contributed by atoms with van der Waals surface area (Å²) in [6, 6.07) is 12.7. The highest BCUT2D eigenvalue weighted by Gasteiger charge is 2.45. The van der Waals surface area contributed by atoms with Crippen LogP contribution in [0.4, 0.5) is 23.7 Å². The predicted molar refractivity (Wildman–Crippen MR) is 197 cm³/mol. The predicted octanol–water partition coefficient (Wildman–Crippen LogP) is 5.85. The Bertz CT molecular complexity index is 2220. The van der Waals surface area contributed by atoms with Gasteiger partial charge >= 0.3 is 6.18 Å². The third-order valence-corrected chi connectivity index (χ3v) is 9.99. The molecule has 2 aliphatic heterocycles. The van der Waals surface area contributed by atoms with E-state index in [4.69, 9.17) is 24.2 Å². The normalized spacial score (nSPS) is 17.7. The Labute approximate surface area is 327 Å². The average Bonchev–Trinajstić information content (AvgIpc) is 3.59. The molecular weight excluding hydrogens is 774 g/mol. The number of hydrogen-bond acceptors (Lipinski definition) is 13. The van der Waals surface area contributed by atoms with Crippen molar-refractivity contribution in [3.8, 4) is 23.3 Å². The molecule has 1 saturated heterocycles. The number of hydrogen-bond donors (Lipinski definition) is 1. The Morgan fingerprint density at radius 1 is 0.912 bits per heavy atom. The van der Waals surface area contributed by atoms with Crippen LogP contribution >= 0.6 is 11.8 Å². The number of nitrogens with one attached hydrogen (secondary N) is 1. The number of rotatable bonds is 15. The van der Waals surface area contributed by atoms with Crippen molar-refractivity contribution in [1.29, 1.82) is 5.26 Å². The second kappa shape index (κ2) is 17.4. The van der Waals surface area contributed by atoms with E-state index in [2.05, 4.69) is 5.32 Å². The smallest absolute Gasteiger partial charge is 0.420 e. The molecule has 18 heteroatoms. The molecule has 0 radical (unpaired) electrons. The number of ether oxygens (including phenoxy) is 4. The van der Waals surface area contributed by atoms with Crippen LogP contribution in [0.5, 0.6) is 17.2 Å². The van der Waals surface area contributed by atoms with E-state index < -0.39 is 52.3 Å². The molecule has 0 aromatic heterocycles. The summed E-state index contributed by atoms with van der Waals surface area (Å²) in [6.45, 7) is 0.801. The zero-order valence-electron chi connectivity index (χ0n) is 30.2. The number of alkyl halides is 3. The summed E-state index contributed by atoms with van der Waals surface area (Å²) in [5, 5.41) is 11.6. The molecule has 1 aliphatic carbocycles. The first-order chi connectivity index (χ1) is 27.3. The molecule has 2 heterocycles. The molecule has 3 aliphatic rings. The van der Waals surface area contributed by atoms with E-state index in [1.165, 1.54) is 43.5 Å². The molecule has 6 rings (SSSR count). The van der Waals surface area contributed by atoms with Crippen LogP contribution in [0.25, 0.3) is 6.08 Å². The molecule has 296 valence electrons. The third-order valence-electron chi connectivity index (χ3n) is 9.08. The van der Waals surface area contributed by atoms with Crippen LogP contribution in [0.3, 0.4) is 0 Å². The fourth-order valence-corrected chi connectivity index (χ4v) is 7.20. The van der Waals surface area contributed by atoms with Crippen LogP contribution in [-0.4, -0.2) is 97.0 Å². The summed E-state index contributed by atoms with van der Waals surface area (Å²) >= 11 is 0.714. The lowest BCUT2D eigenvalue weighted by Gasteiger charge is -2.27. The fourth-order valence-electron chi connectivity index (χ4n) is 6.33. The van der Waals surface area contributed by atoms with Gasteiger partial charge in [0.05, 0.1) is 85.8 Å². The standard InChI is InChI=1S/C39H33F3N4O10S/c1-53-32-18-22(5-10-31(32)56-30-9-6-23(21-43)17-26(30)39(40,41)42)19-33-36(50)45(38(52)57-33)12-14-55-16-15-54-13-11-44-27-4-2-3-25-34(27)37(51)46(35(25)49)28-8-7-24(47)20-29(28)48/h2-6,9-10,17-19,28,44H,7-8,11-16,20H2,1H3/b33-19-. The number of carbonyl (C=O) groups excluding carboxylic acids is 6. The number of amides is 4. The highest BCUT2D eigenvalue weighted by atomic mass is 32.2. The summed E-state index contributed by atoms with van der Waals surface area (Å²) in [4.78, 5) is 78.1. The molecule has 0 bridgehead atoms. The van der Waals surface area contributed by atoms with Crippen LogP contribution in [0.2, 0.25) is 0 Å². The minimum Gasteiger partial charge on any atom is -0.493 e. The zero-order valence-corrected chi connectivity index (χ0v) is 31.0. The topological polar surface area (TPSA) is 182 Å². The monoisotopic (exact) mass is 806 g/mol. The number of imide groups is 2. The Kier molecular flexibility index (Phi) is 12.4. The molecule has 1 unspecified atom stereocenters. The molecule has 2 fully saturated rings. The highest BCUT2D eigenvalue weighted by Crippen LogP contribution is 2.42. The second-order valence-corrected chi connectivity index (χ2v) is 13.8. The number of Topliss-reactive ketones (excluding diaryl/α,β-unsaturated/α-hetero) is 2. The van der Waals surface area contributed by atoms with Gasteiger partial charge in [0.1, 0.15) is 11.5 Å². The number of nitrogens with zero attached hydrogens (tertiary/aromatic N) is 3. The zero-order chi connectivity index (χ0) is 40.9. The molecule has 1 N–H and O–H groups in total. The first-order valence-electron chi connectivity index (χ1n) is 17.5. The molecule has 1 atom stereocenters. The minimum atomic E-state index is -4.79. The number of methoxy groups -OCH3 is 1. The SMILES string of the molecule is COc1cc(/C=C2\SC(=O)N(CCOCCOCCNc3cccc4c3C(=O)N(C3CCC(=O)CC3=O)C4=O)C2=O)ccc1Oc1ccc(C#N)cc1C(F)(F)F. The Morgan fingerprint density at radius 3 is 2.39 bits per heavy atom. The maximum Gasteiger partial charge on any atom is 0.420 e. The van der Waals surface area contributed by atoms with E-state index in [0.29, 0.717) is 29.1 Å². The van der Waals surface area contributed by atoms with Crippen molar-refractivity contribution in [2.75, 3.05) is 51.9 Å². The lowest BCUT2D eigenvalue weighted by atomic mass is 9.92. The van der Waals surface area contributed by atoms with Crippen LogP contribution in [0, 0.1) is 11.3 Å². The molecule has 1 saturated carbocycles. The van der Waals surface area contributed by atoms with Gasteiger partial charge in [-0.15, -0.1) is 0 Å². The minimum absolute atomic E-state index is 0.0303. The summed E-state index contributed by atoms with van der Waals surface area (Å²) in [5.41, 5.74) is -0.167. The summed E-state index contributed by atoms with van der Waals surface area (Å²) in [5.74, 6) is -2.90. The molecule has 4 amide bonds. The first-order valence-corrected chi connectivity index (χ1v) is 18.3. The van der Waals surface area contributed by atoms with Gasteiger partial charge in [0.2, 0.25) is 0 Å². The maximum atomic E-state index is 13.6. The van der Waals surface area contributed by atoms with Gasteiger partial charge in [0, 0.05) is 18.7 Å². The molecule has 3 aromatic carbocycles. The number of halogens is 3. The van der Waals surface area contributed by atoms with Crippen molar-refractivity contribution in [2.24, 2.45) is 0 Å². The van der Waals surface area contributed by atoms with Crippen LogP contribution < -0.4 is 14.8 Å². The van der Waals surface area contributed by atoms with E-state index in [9.17, 15) is 41.9 Å². The first kappa shape index (κ1) is 40.6. The van der Waals surface area contributed by atoms with Crippen molar-refractivity contribution in [1.82, 2.24) is 9.80 Å². The molecule has 14 nitrogen and oxygen atoms in total. The van der Waals surface area contributed by atoms with E-state index >= 15 is 0 Å². The van der Waals surface area contributed by atoms with Gasteiger partial charge in [-0.1, -0.05) is 12.1 Å². The second-order valence-electron chi connectivity index (χ2n) is 12.8. The van der Waals surface area contributed by atoms with Gasteiger partial charge in [0.25, 0.3) is 23.0 Å². The lowest BCUT2D eigenvalue weighted by molar-refractivity contribution is -0.138. The van der Waals surface area contributed by atoms with Gasteiger partial charge < -0.3 is 24.3 Å². The maximum absolute atomic E-state index is 13.6. The number of anilines is 1. The molecule has 57 heavy (non-hydrogen) atoms. The van der Waals surface area contributed by atoms with Gasteiger partial charge in [-0.3, -0.25) is 38.6 Å². The fraction of sp³-hybridized carbons (Fsp3) is 0.308. The van der Waals surface area contributed by atoms with Crippen molar-refractivity contribution >= 4 is 58.1 Å². The number of thioether (sulfide) groups is 1. The molecule has 3 aromatic rings. The molecular formula is C39H33F3N4O10S. The van der Waals surface area contributed by atoms with Crippen LogP contribution in [-0.2, 0) is 30.0 Å². The van der Waals surface area contributed by atoms with Crippen molar-refractivity contribution in [3.63, 3.8) is 0 Å². The van der Waals surface area contributed by atoms with Crippen LogP contribution in [0.1, 0.15) is 56.7 Å². The number of benzene rings is 3. The van der Waals surface area contributed by atoms with E-state index in [-0.39, 0.29) is 97.7 Å². The summed E-state index contributed by atoms with van der Waals surface area (Å²) < 4.78 is 62.9. The molecule has 0 spiro atoms. The number of nitriles is 1. The largest absolute Gasteiger partial charge is 0.493 e. The quantitative estimate of drug-likeness (QED) is 0.0837. The number of carbonyl (C=O) groups is 6. The van der Waals surface area contributed by atoms with E-state index in [0.717, 1.165) is 15.9 Å². The third kappa shape index (κ3) is 9.01. The lowest BCUT2D eigenvalue weighted by Crippen LogP contribution is -2.47. The number of ketones is 2. The summed E-state index contributed by atoms with van der Waals surface area (Å²) in [7, 11) is 1.29. The van der Waals surface area contributed by atoms with Gasteiger partial charge in [-0.25, -0.2) is 0 Å². The van der Waals surface area contributed by atoms with Crippen molar-refractivity contribution in [3.05, 3.63) is 87.3 Å². The van der Waals surface area contributed by atoms with Crippen molar-refractivity contribution < 1.29 is 60.9 Å². The Hall–Kier alpha value is -6.03. The Morgan fingerprint density at radius 2 is 1.67 bits per heavy atom. The van der Waals surface area contributed by atoms with Gasteiger partial charge in [-0.05, 0) is 72.3 Å². The van der Waals surface area contributed by atoms with Crippen molar-refractivity contribution in [2.45, 2.75) is 31.5 Å². The number of fused-ring (bicyclic) bond motifs is 1.